The van der Waals surface area contributed by atoms with Crippen LogP contribution in [0.2, 0.25) is 0 Å². The number of benzene rings is 1. The van der Waals surface area contributed by atoms with Crippen LogP contribution < -0.4 is 4.74 Å². The number of aliphatic carboxylic acids is 1. The average molecular weight is 222 g/mol. The Labute approximate surface area is 93.5 Å². The quantitative estimate of drug-likeness (QED) is 0.818. The maximum Gasteiger partial charge on any atom is 0.314 e. The highest BCUT2D eigenvalue weighted by atomic mass is 16.5. The molecule has 4 nitrogen and oxygen atoms in total. The predicted molar refractivity (Wildman–Crippen MR) is 57.9 cm³/mol. The molecule has 0 atom stereocenters. The number of phenols is 1. The van der Waals surface area contributed by atoms with Gasteiger partial charge in [0, 0.05) is 5.56 Å². The molecule has 1 fully saturated rings. The van der Waals surface area contributed by atoms with Crippen molar-refractivity contribution in [2.24, 2.45) is 0 Å². The van der Waals surface area contributed by atoms with Crippen molar-refractivity contribution in [1.29, 1.82) is 0 Å². The molecular weight excluding hydrogens is 208 g/mol. The zero-order valence-corrected chi connectivity index (χ0v) is 9.28. The number of hydrogen-bond acceptors (Lipinski definition) is 3. The first-order chi connectivity index (χ1) is 7.51. The monoisotopic (exact) mass is 222 g/mol. The number of ether oxygens (including phenoxy) is 1. The Balaban J connectivity index is 2.53. The zero-order chi connectivity index (χ0) is 11.9. The average Bonchev–Trinajstić information content (AvgIpc) is 2.99. The number of phenolic OH excluding ortho intramolecular Hbond substituents is 1. The molecule has 1 aromatic rings. The van der Waals surface area contributed by atoms with Gasteiger partial charge in [0.05, 0.1) is 12.5 Å². The van der Waals surface area contributed by atoms with Crippen LogP contribution in [0.15, 0.2) is 12.1 Å². The molecule has 2 N–H and O–H groups in total. The van der Waals surface area contributed by atoms with Crippen LogP contribution in [0.5, 0.6) is 11.5 Å². The van der Waals surface area contributed by atoms with Crippen LogP contribution in [0.4, 0.5) is 0 Å². The topological polar surface area (TPSA) is 66.8 Å². The second kappa shape index (κ2) is 3.40. The van der Waals surface area contributed by atoms with E-state index in [4.69, 9.17) is 9.84 Å². The highest BCUT2D eigenvalue weighted by molar-refractivity contribution is 5.86. The van der Waals surface area contributed by atoms with Gasteiger partial charge < -0.3 is 14.9 Å². The molecule has 4 heteroatoms. The summed E-state index contributed by atoms with van der Waals surface area (Å²) in [4.78, 5) is 11.2. The Bertz CT molecular complexity index is 447. The van der Waals surface area contributed by atoms with Crippen molar-refractivity contribution in [2.75, 3.05) is 7.11 Å². The molecule has 1 saturated carbocycles. The normalized spacial score (nSPS) is 16.9. The number of aryl methyl sites for hydroxylation is 1. The van der Waals surface area contributed by atoms with Crippen LogP contribution in [-0.2, 0) is 10.2 Å². The minimum atomic E-state index is -0.898. The minimum Gasteiger partial charge on any atom is -0.508 e. The zero-order valence-electron chi connectivity index (χ0n) is 9.28. The standard InChI is InChI=1S/C12H14O4/c1-7-5-9(13)8(6-10(7)16-2)12(3-4-12)11(14)15/h5-6,13H,3-4H2,1-2H3,(H,14,15). The van der Waals surface area contributed by atoms with Crippen LogP contribution >= 0.6 is 0 Å². The molecule has 0 aliphatic heterocycles. The fraction of sp³-hybridized carbons (Fsp3) is 0.417. The largest absolute Gasteiger partial charge is 0.508 e. The van der Waals surface area contributed by atoms with Crippen molar-refractivity contribution in [3.8, 4) is 11.5 Å². The van der Waals surface area contributed by atoms with E-state index in [9.17, 15) is 9.90 Å². The van der Waals surface area contributed by atoms with Gasteiger partial charge in [0.25, 0.3) is 0 Å². The lowest BCUT2D eigenvalue weighted by atomic mass is 9.93. The number of hydrogen-bond donors (Lipinski definition) is 2. The summed E-state index contributed by atoms with van der Waals surface area (Å²) in [7, 11) is 1.53. The molecule has 2 rings (SSSR count). The van der Waals surface area contributed by atoms with Gasteiger partial charge in [-0.2, -0.15) is 0 Å². The highest BCUT2D eigenvalue weighted by Gasteiger charge is 2.53. The molecule has 1 aliphatic rings. The van der Waals surface area contributed by atoms with Crippen molar-refractivity contribution in [2.45, 2.75) is 25.2 Å². The van der Waals surface area contributed by atoms with Gasteiger partial charge >= 0.3 is 5.97 Å². The molecule has 0 heterocycles. The van der Waals surface area contributed by atoms with E-state index in [2.05, 4.69) is 0 Å². The minimum absolute atomic E-state index is 0.0400. The van der Waals surface area contributed by atoms with Crippen LogP contribution in [0, 0.1) is 6.92 Å². The second-order valence-corrected chi connectivity index (χ2v) is 4.23. The molecule has 86 valence electrons. The van der Waals surface area contributed by atoms with Gasteiger partial charge in [0.15, 0.2) is 0 Å². The summed E-state index contributed by atoms with van der Waals surface area (Å²) in [6.45, 7) is 1.81. The van der Waals surface area contributed by atoms with E-state index >= 15 is 0 Å². The lowest BCUT2D eigenvalue weighted by Crippen LogP contribution is -2.19. The number of methoxy groups -OCH3 is 1. The van der Waals surface area contributed by atoms with Gasteiger partial charge in [-0.15, -0.1) is 0 Å². The summed E-state index contributed by atoms with van der Waals surface area (Å²) in [5.74, 6) is -0.229. The van der Waals surface area contributed by atoms with E-state index in [-0.39, 0.29) is 5.75 Å². The first-order valence-corrected chi connectivity index (χ1v) is 5.13. The van der Waals surface area contributed by atoms with Crippen LogP contribution in [0.3, 0.4) is 0 Å². The van der Waals surface area contributed by atoms with Crippen LogP contribution in [-0.4, -0.2) is 23.3 Å². The van der Waals surface area contributed by atoms with E-state index in [1.807, 2.05) is 6.92 Å². The van der Waals surface area contributed by atoms with Crippen molar-refractivity contribution in [1.82, 2.24) is 0 Å². The van der Waals surface area contributed by atoms with Crippen LogP contribution in [0.25, 0.3) is 0 Å². The molecule has 0 bridgehead atoms. The van der Waals surface area contributed by atoms with Gasteiger partial charge in [-0.25, -0.2) is 0 Å². The summed E-state index contributed by atoms with van der Waals surface area (Å²) >= 11 is 0. The summed E-state index contributed by atoms with van der Waals surface area (Å²) in [6, 6.07) is 3.18. The third-order valence-electron chi connectivity index (χ3n) is 3.19. The van der Waals surface area contributed by atoms with E-state index < -0.39 is 11.4 Å². The van der Waals surface area contributed by atoms with E-state index in [0.717, 1.165) is 5.56 Å². The maximum absolute atomic E-state index is 11.2. The molecule has 0 amide bonds. The van der Waals surface area contributed by atoms with Crippen molar-refractivity contribution < 1.29 is 19.7 Å². The summed E-state index contributed by atoms with van der Waals surface area (Å²) in [5, 5.41) is 19.0. The SMILES string of the molecule is COc1cc(C2(C(=O)O)CC2)c(O)cc1C. The van der Waals surface area contributed by atoms with E-state index in [0.29, 0.717) is 24.2 Å². The smallest absolute Gasteiger partial charge is 0.314 e. The third-order valence-corrected chi connectivity index (χ3v) is 3.19. The number of carboxylic acids is 1. The Hall–Kier alpha value is -1.71. The van der Waals surface area contributed by atoms with E-state index in [1.165, 1.54) is 7.11 Å². The number of aromatic hydroxyl groups is 1. The first-order valence-electron chi connectivity index (χ1n) is 5.13. The van der Waals surface area contributed by atoms with Gasteiger partial charge in [-0.1, -0.05) is 0 Å². The molecule has 1 aromatic carbocycles. The number of carbonyl (C=O) groups is 1. The lowest BCUT2D eigenvalue weighted by Gasteiger charge is -2.15. The Morgan fingerprint density at radius 1 is 1.44 bits per heavy atom. The highest BCUT2D eigenvalue weighted by Crippen LogP contribution is 2.52. The maximum atomic E-state index is 11.2. The first kappa shape index (κ1) is 10.8. The molecule has 0 aromatic heterocycles. The number of carboxylic acid groups (broad SMARTS) is 1. The molecule has 0 radical (unpaired) electrons. The molecule has 16 heavy (non-hydrogen) atoms. The fourth-order valence-electron chi connectivity index (χ4n) is 2.00. The second-order valence-electron chi connectivity index (χ2n) is 4.23. The third kappa shape index (κ3) is 1.41. The fourth-order valence-corrected chi connectivity index (χ4v) is 2.00. The Morgan fingerprint density at radius 3 is 2.50 bits per heavy atom. The van der Waals surface area contributed by atoms with Crippen molar-refractivity contribution >= 4 is 5.97 Å². The predicted octanol–water partition coefficient (Wildman–Crippen LogP) is 1.83. The molecule has 0 spiro atoms. The van der Waals surface area contributed by atoms with Crippen LogP contribution in [0.1, 0.15) is 24.0 Å². The summed E-state index contributed by atoms with van der Waals surface area (Å²) in [6.07, 6.45) is 1.14. The molecule has 0 saturated heterocycles. The van der Waals surface area contributed by atoms with Gasteiger partial charge in [-0.05, 0) is 37.5 Å². The molecule has 1 aliphatic carbocycles. The van der Waals surface area contributed by atoms with Gasteiger partial charge in [0.1, 0.15) is 11.5 Å². The lowest BCUT2D eigenvalue weighted by molar-refractivity contribution is -0.140. The van der Waals surface area contributed by atoms with E-state index in [1.54, 1.807) is 12.1 Å². The Kier molecular flexibility index (Phi) is 2.30. The van der Waals surface area contributed by atoms with Crippen molar-refractivity contribution in [3.63, 3.8) is 0 Å². The van der Waals surface area contributed by atoms with Gasteiger partial charge in [0.2, 0.25) is 0 Å². The summed E-state index contributed by atoms with van der Waals surface area (Å²) in [5.41, 5.74) is 0.359. The van der Waals surface area contributed by atoms with Crippen molar-refractivity contribution in [3.05, 3.63) is 23.3 Å². The molecule has 0 unspecified atom stereocenters. The molecular formula is C12H14O4. The Morgan fingerprint density at radius 2 is 2.06 bits per heavy atom. The summed E-state index contributed by atoms with van der Waals surface area (Å²) < 4.78 is 5.14. The van der Waals surface area contributed by atoms with Gasteiger partial charge in [-0.3, -0.25) is 4.79 Å². The number of rotatable bonds is 3.